The van der Waals surface area contributed by atoms with E-state index in [4.69, 9.17) is 16.3 Å². The summed E-state index contributed by atoms with van der Waals surface area (Å²) in [5.74, 6) is 0.643. The van der Waals surface area contributed by atoms with Crippen molar-refractivity contribution in [1.82, 2.24) is 14.9 Å². The minimum Gasteiger partial charge on any atom is -0.373 e. The fraction of sp³-hybridized carbons (Fsp3) is 0.444. The van der Waals surface area contributed by atoms with Crippen LogP contribution in [-0.2, 0) is 4.74 Å². The van der Waals surface area contributed by atoms with Crippen molar-refractivity contribution >= 4 is 17.5 Å². The second-order valence-electron chi connectivity index (χ2n) is 6.60. The number of nitrogens with one attached hydrogen (secondary N) is 1. The number of halogens is 1. The first-order valence-corrected chi connectivity index (χ1v) is 8.56. The van der Waals surface area contributed by atoms with E-state index in [9.17, 15) is 0 Å². The van der Waals surface area contributed by atoms with Gasteiger partial charge in [-0.3, -0.25) is 4.90 Å². The van der Waals surface area contributed by atoms with Crippen LogP contribution < -0.4 is 5.32 Å². The Bertz CT molecular complexity index is 648. The topological polar surface area (TPSA) is 50.3 Å². The first-order valence-electron chi connectivity index (χ1n) is 8.18. The fourth-order valence-electron chi connectivity index (χ4n) is 3.04. The third kappa shape index (κ3) is 4.44. The average molecular weight is 347 g/mol. The van der Waals surface area contributed by atoms with Crippen molar-refractivity contribution < 1.29 is 4.74 Å². The molecule has 1 fully saturated rings. The van der Waals surface area contributed by atoms with Crippen LogP contribution in [0.5, 0.6) is 0 Å². The molecule has 1 unspecified atom stereocenters. The van der Waals surface area contributed by atoms with Crippen LogP contribution in [0.1, 0.15) is 25.5 Å². The van der Waals surface area contributed by atoms with Gasteiger partial charge in [0.1, 0.15) is 0 Å². The highest BCUT2D eigenvalue weighted by Crippen LogP contribution is 2.28. The molecule has 24 heavy (non-hydrogen) atoms. The largest absolute Gasteiger partial charge is 0.373 e. The molecule has 0 saturated carbocycles. The predicted molar refractivity (Wildman–Crippen MR) is 96.3 cm³/mol. The highest BCUT2D eigenvalue weighted by atomic mass is 35.5. The predicted octanol–water partition coefficient (Wildman–Crippen LogP) is 3.39. The molecule has 0 spiro atoms. The number of anilines is 1. The van der Waals surface area contributed by atoms with Crippen molar-refractivity contribution in [1.29, 1.82) is 0 Å². The molecular weight excluding hydrogens is 324 g/mol. The number of nitrogens with zero attached hydrogens (tertiary/aromatic N) is 3. The molecule has 0 bridgehead atoms. The van der Waals surface area contributed by atoms with Gasteiger partial charge in [0.25, 0.3) is 0 Å². The van der Waals surface area contributed by atoms with Gasteiger partial charge in [0, 0.05) is 37.1 Å². The summed E-state index contributed by atoms with van der Waals surface area (Å²) in [5.41, 5.74) is 1.08. The van der Waals surface area contributed by atoms with Gasteiger partial charge in [0.15, 0.2) is 0 Å². The summed E-state index contributed by atoms with van der Waals surface area (Å²) in [6.07, 6.45) is 3.48. The quantitative estimate of drug-likeness (QED) is 0.899. The summed E-state index contributed by atoms with van der Waals surface area (Å²) in [6.45, 7) is 7.49. The number of hydrogen-bond acceptors (Lipinski definition) is 5. The van der Waals surface area contributed by atoms with E-state index in [0.29, 0.717) is 5.95 Å². The van der Waals surface area contributed by atoms with Crippen molar-refractivity contribution in [2.45, 2.75) is 25.5 Å². The van der Waals surface area contributed by atoms with Crippen LogP contribution in [0.2, 0.25) is 5.02 Å². The number of aromatic nitrogens is 2. The average Bonchev–Trinajstić information content (AvgIpc) is 2.57. The summed E-state index contributed by atoms with van der Waals surface area (Å²) in [4.78, 5) is 10.9. The Morgan fingerprint density at radius 2 is 1.96 bits per heavy atom. The van der Waals surface area contributed by atoms with Crippen LogP contribution in [0, 0.1) is 0 Å². The zero-order chi connectivity index (χ0) is 17.0. The smallest absolute Gasteiger partial charge is 0.222 e. The zero-order valence-electron chi connectivity index (χ0n) is 14.1. The number of morpholine rings is 1. The van der Waals surface area contributed by atoms with E-state index in [2.05, 4.69) is 46.2 Å². The maximum absolute atomic E-state index is 6.05. The molecule has 0 aliphatic carbocycles. The van der Waals surface area contributed by atoms with Crippen molar-refractivity contribution in [3.05, 3.63) is 53.3 Å². The van der Waals surface area contributed by atoms with Gasteiger partial charge in [0.2, 0.25) is 5.95 Å². The lowest BCUT2D eigenvalue weighted by atomic mass is 10.0. The van der Waals surface area contributed by atoms with Crippen LogP contribution in [0.4, 0.5) is 5.95 Å². The molecule has 0 radical (unpaired) electrons. The molecule has 0 amide bonds. The lowest BCUT2D eigenvalue weighted by molar-refractivity contribution is -0.0963. The lowest BCUT2D eigenvalue weighted by Crippen LogP contribution is -2.50. The monoisotopic (exact) mass is 346 g/mol. The lowest BCUT2D eigenvalue weighted by Gasteiger charge is -2.42. The zero-order valence-corrected chi connectivity index (χ0v) is 14.8. The molecule has 2 aromatic rings. The summed E-state index contributed by atoms with van der Waals surface area (Å²) in [6, 6.07) is 10.1. The van der Waals surface area contributed by atoms with E-state index >= 15 is 0 Å². The third-order valence-electron chi connectivity index (χ3n) is 4.17. The molecule has 1 saturated heterocycles. The van der Waals surface area contributed by atoms with Crippen molar-refractivity contribution in [2.75, 3.05) is 31.6 Å². The summed E-state index contributed by atoms with van der Waals surface area (Å²) in [5, 5.41) is 4.09. The van der Waals surface area contributed by atoms with E-state index in [1.54, 1.807) is 12.4 Å². The van der Waals surface area contributed by atoms with Gasteiger partial charge in [-0.2, -0.15) is 0 Å². The molecule has 1 N–H and O–H groups in total. The maximum atomic E-state index is 6.05. The van der Waals surface area contributed by atoms with Gasteiger partial charge < -0.3 is 10.1 Å². The fourth-order valence-corrected chi connectivity index (χ4v) is 3.17. The Morgan fingerprint density at radius 1 is 1.25 bits per heavy atom. The molecule has 1 aliphatic rings. The van der Waals surface area contributed by atoms with Crippen molar-refractivity contribution in [2.24, 2.45) is 0 Å². The standard InChI is InChI=1S/C18H23ClN4O/c1-18(2)13-23(10-11-24-18)16(14-4-6-15(19)7-5-14)12-22-17-20-8-3-9-21-17/h3-9,16H,10-13H2,1-2H3,(H,20,21,22). The highest BCUT2D eigenvalue weighted by Gasteiger charge is 2.32. The summed E-state index contributed by atoms with van der Waals surface area (Å²) >= 11 is 6.05. The Morgan fingerprint density at radius 3 is 2.62 bits per heavy atom. The van der Waals surface area contributed by atoms with E-state index < -0.39 is 0 Å². The molecule has 2 heterocycles. The number of ether oxygens (including phenoxy) is 1. The van der Waals surface area contributed by atoms with Crippen LogP contribution in [0.3, 0.4) is 0 Å². The normalized spacial score (nSPS) is 19.0. The summed E-state index contributed by atoms with van der Waals surface area (Å²) in [7, 11) is 0. The Balaban J connectivity index is 1.79. The van der Waals surface area contributed by atoms with E-state index in [1.165, 1.54) is 5.56 Å². The van der Waals surface area contributed by atoms with Gasteiger partial charge in [-0.15, -0.1) is 0 Å². The van der Waals surface area contributed by atoms with Gasteiger partial charge >= 0.3 is 0 Å². The van der Waals surface area contributed by atoms with Gasteiger partial charge in [-0.05, 0) is 37.6 Å². The van der Waals surface area contributed by atoms with E-state index in [-0.39, 0.29) is 11.6 Å². The molecule has 5 nitrogen and oxygen atoms in total. The first-order chi connectivity index (χ1) is 11.5. The van der Waals surface area contributed by atoms with Gasteiger partial charge in [-0.25, -0.2) is 9.97 Å². The van der Waals surface area contributed by atoms with Gasteiger partial charge in [-0.1, -0.05) is 23.7 Å². The minimum absolute atomic E-state index is 0.147. The molecule has 1 aliphatic heterocycles. The number of rotatable bonds is 5. The number of hydrogen-bond donors (Lipinski definition) is 1. The SMILES string of the molecule is CC1(C)CN(C(CNc2ncccn2)c2ccc(Cl)cc2)CCO1. The van der Waals surface area contributed by atoms with E-state index in [1.807, 2.05) is 18.2 Å². The molecule has 1 aromatic carbocycles. The maximum Gasteiger partial charge on any atom is 0.222 e. The highest BCUT2D eigenvalue weighted by molar-refractivity contribution is 6.30. The molecule has 1 aromatic heterocycles. The molecule has 128 valence electrons. The molecule has 6 heteroatoms. The Labute approximate surface area is 148 Å². The summed E-state index contributed by atoms with van der Waals surface area (Å²) < 4.78 is 5.86. The number of benzene rings is 1. The second-order valence-corrected chi connectivity index (χ2v) is 7.04. The third-order valence-corrected chi connectivity index (χ3v) is 4.42. The second kappa shape index (κ2) is 7.47. The minimum atomic E-state index is -0.147. The van der Waals surface area contributed by atoms with Gasteiger partial charge in [0.05, 0.1) is 18.2 Å². The van der Waals surface area contributed by atoms with Crippen LogP contribution in [-0.4, -0.2) is 46.7 Å². The van der Waals surface area contributed by atoms with Crippen LogP contribution in [0.15, 0.2) is 42.7 Å². The molecule has 1 atom stereocenters. The van der Waals surface area contributed by atoms with Crippen LogP contribution in [0.25, 0.3) is 0 Å². The molecule has 3 rings (SSSR count). The Kier molecular flexibility index (Phi) is 5.33. The first kappa shape index (κ1) is 17.1. The van der Waals surface area contributed by atoms with Crippen LogP contribution >= 0.6 is 11.6 Å². The van der Waals surface area contributed by atoms with E-state index in [0.717, 1.165) is 31.3 Å². The Hall–Kier alpha value is -1.69. The van der Waals surface area contributed by atoms with Crippen molar-refractivity contribution in [3.63, 3.8) is 0 Å². The van der Waals surface area contributed by atoms with Crippen molar-refractivity contribution in [3.8, 4) is 0 Å². The molecular formula is C18H23ClN4O.